The van der Waals surface area contributed by atoms with Gasteiger partial charge in [-0.25, -0.2) is 0 Å². The monoisotopic (exact) mass is 268 g/mol. The quantitative estimate of drug-likeness (QED) is 0.603. The van der Waals surface area contributed by atoms with E-state index in [0.29, 0.717) is 16.9 Å². The van der Waals surface area contributed by atoms with Crippen molar-refractivity contribution >= 4 is 17.3 Å². The van der Waals surface area contributed by atoms with Crippen LogP contribution < -0.4 is 10.6 Å². The van der Waals surface area contributed by atoms with Gasteiger partial charge in [0.2, 0.25) is 0 Å². The van der Waals surface area contributed by atoms with Crippen molar-refractivity contribution in [1.29, 1.82) is 0 Å². The number of thiocarbonyl (C=S) groups is 1. The fourth-order valence-corrected chi connectivity index (χ4v) is 4.44. The smallest absolute Gasteiger partial charge is 0.166 e. The Bertz CT molecular complexity index is 322. The van der Waals surface area contributed by atoms with Gasteiger partial charge in [-0.2, -0.15) is 0 Å². The summed E-state index contributed by atoms with van der Waals surface area (Å²) >= 11 is 5.45. The molecular formula is C15H28N2S. The van der Waals surface area contributed by atoms with Gasteiger partial charge in [-0.05, 0) is 54.6 Å². The normalized spacial score (nSPS) is 36.7. The average Bonchev–Trinajstić information content (AvgIpc) is 2.76. The van der Waals surface area contributed by atoms with Gasteiger partial charge >= 0.3 is 0 Å². The highest BCUT2D eigenvalue weighted by molar-refractivity contribution is 7.80. The molecule has 2 nitrogen and oxygen atoms in total. The highest BCUT2D eigenvalue weighted by Gasteiger charge is 2.59. The highest BCUT2D eigenvalue weighted by Crippen LogP contribution is 2.62. The van der Waals surface area contributed by atoms with Crippen LogP contribution >= 0.6 is 12.2 Å². The van der Waals surface area contributed by atoms with Crippen LogP contribution in [-0.4, -0.2) is 17.7 Å². The van der Waals surface area contributed by atoms with Crippen molar-refractivity contribution in [2.45, 2.75) is 65.8 Å². The molecule has 2 bridgehead atoms. The zero-order valence-corrected chi connectivity index (χ0v) is 13.1. The van der Waals surface area contributed by atoms with Crippen molar-refractivity contribution in [3.05, 3.63) is 0 Å². The maximum absolute atomic E-state index is 5.45. The van der Waals surface area contributed by atoms with Crippen molar-refractivity contribution in [3.8, 4) is 0 Å². The van der Waals surface area contributed by atoms with Gasteiger partial charge in [0.25, 0.3) is 0 Å². The zero-order valence-electron chi connectivity index (χ0n) is 12.3. The minimum absolute atomic E-state index is 0.378. The lowest BCUT2D eigenvalue weighted by atomic mass is 9.68. The first-order valence-corrected chi connectivity index (χ1v) is 7.85. The van der Waals surface area contributed by atoms with Crippen molar-refractivity contribution in [2.75, 3.05) is 6.54 Å². The second-order valence-electron chi connectivity index (χ2n) is 7.10. The standard InChI is InChI=1S/C15H28N2S/c1-5-6-9-16-13(18)17-12-14(2,3)11-7-8-15(12,4)10-11/h11-12H,5-10H2,1-4H3,(H2,16,17,18). The van der Waals surface area contributed by atoms with E-state index < -0.39 is 0 Å². The molecule has 2 rings (SSSR count). The first kappa shape index (κ1) is 14.1. The summed E-state index contributed by atoms with van der Waals surface area (Å²) in [6, 6.07) is 0.533. The molecule has 104 valence electrons. The molecule has 2 fully saturated rings. The summed E-state index contributed by atoms with van der Waals surface area (Å²) in [6.07, 6.45) is 6.53. The van der Waals surface area contributed by atoms with Crippen LogP contribution in [0.15, 0.2) is 0 Å². The van der Waals surface area contributed by atoms with Crippen LogP contribution in [0.4, 0.5) is 0 Å². The van der Waals surface area contributed by atoms with Gasteiger partial charge in [-0.15, -0.1) is 0 Å². The summed E-state index contributed by atoms with van der Waals surface area (Å²) in [7, 11) is 0. The number of hydrogen-bond donors (Lipinski definition) is 2. The summed E-state index contributed by atoms with van der Waals surface area (Å²) in [6.45, 7) is 10.5. The molecule has 2 aliphatic rings. The van der Waals surface area contributed by atoms with Gasteiger partial charge in [0.1, 0.15) is 0 Å². The van der Waals surface area contributed by atoms with Crippen LogP contribution in [0, 0.1) is 16.7 Å². The molecule has 3 unspecified atom stereocenters. The third kappa shape index (κ3) is 2.38. The molecule has 0 radical (unpaired) electrons. The van der Waals surface area contributed by atoms with Crippen molar-refractivity contribution in [3.63, 3.8) is 0 Å². The van der Waals surface area contributed by atoms with Crippen LogP contribution in [0.5, 0.6) is 0 Å². The number of hydrogen-bond acceptors (Lipinski definition) is 1. The van der Waals surface area contributed by atoms with Gasteiger partial charge in [0.05, 0.1) is 0 Å². The summed E-state index contributed by atoms with van der Waals surface area (Å²) < 4.78 is 0. The Balaban J connectivity index is 1.94. The maximum atomic E-state index is 5.45. The van der Waals surface area contributed by atoms with Crippen LogP contribution in [0.2, 0.25) is 0 Å². The third-order valence-electron chi connectivity index (χ3n) is 5.36. The molecule has 0 saturated heterocycles. The second-order valence-corrected chi connectivity index (χ2v) is 7.51. The van der Waals surface area contributed by atoms with Gasteiger partial charge in [-0.3, -0.25) is 0 Å². The van der Waals surface area contributed by atoms with Crippen LogP contribution in [0.1, 0.15) is 59.8 Å². The van der Waals surface area contributed by atoms with Gasteiger partial charge in [0, 0.05) is 12.6 Å². The van der Waals surface area contributed by atoms with E-state index in [-0.39, 0.29) is 0 Å². The van der Waals surface area contributed by atoms with Gasteiger partial charge in [0.15, 0.2) is 5.11 Å². The van der Waals surface area contributed by atoms with Crippen LogP contribution in [0.25, 0.3) is 0 Å². The number of nitrogens with one attached hydrogen (secondary N) is 2. The van der Waals surface area contributed by atoms with E-state index in [1.165, 1.54) is 32.1 Å². The largest absolute Gasteiger partial charge is 0.363 e. The second kappa shape index (κ2) is 4.99. The first-order chi connectivity index (χ1) is 8.40. The molecular weight excluding hydrogens is 240 g/mol. The molecule has 0 heterocycles. The lowest BCUT2D eigenvalue weighted by Gasteiger charge is -2.43. The van der Waals surface area contributed by atoms with Crippen LogP contribution in [-0.2, 0) is 0 Å². The number of rotatable bonds is 4. The van der Waals surface area contributed by atoms with E-state index in [9.17, 15) is 0 Å². The SMILES string of the molecule is CCCCNC(=S)NC1C2(C)CCC(C2)C1(C)C. The Hall–Kier alpha value is -0.310. The van der Waals surface area contributed by atoms with Crippen molar-refractivity contribution in [1.82, 2.24) is 10.6 Å². The Morgan fingerprint density at radius 2 is 2.06 bits per heavy atom. The lowest BCUT2D eigenvalue weighted by molar-refractivity contribution is 0.125. The van der Waals surface area contributed by atoms with Gasteiger partial charge < -0.3 is 10.6 Å². The van der Waals surface area contributed by atoms with E-state index in [2.05, 4.69) is 38.3 Å². The zero-order chi connectivity index (χ0) is 13.4. The first-order valence-electron chi connectivity index (χ1n) is 7.44. The number of fused-ring (bicyclic) bond motifs is 2. The van der Waals surface area contributed by atoms with Gasteiger partial charge in [-0.1, -0.05) is 34.1 Å². The van der Waals surface area contributed by atoms with E-state index >= 15 is 0 Å². The Kier molecular flexibility index (Phi) is 3.91. The molecule has 0 spiro atoms. The van der Waals surface area contributed by atoms with E-state index in [4.69, 9.17) is 12.2 Å². The molecule has 2 saturated carbocycles. The number of unbranched alkanes of at least 4 members (excludes halogenated alkanes) is 1. The molecule has 3 heteroatoms. The van der Waals surface area contributed by atoms with E-state index in [1.54, 1.807) is 0 Å². The molecule has 0 amide bonds. The van der Waals surface area contributed by atoms with Crippen LogP contribution in [0.3, 0.4) is 0 Å². The Morgan fingerprint density at radius 3 is 2.61 bits per heavy atom. The fraction of sp³-hybridized carbons (Fsp3) is 0.933. The van der Waals surface area contributed by atoms with Crippen molar-refractivity contribution in [2.24, 2.45) is 16.7 Å². The molecule has 0 aromatic carbocycles. The molecule has 2 N–H and O–H groups in total. The molecule has 0 aromatic heterocycles. The highest BCUT2D eigenvalue weighted by atomic mass is 32.1. The molecule has 3 atom stereocenters. The summed E-state index contributed by atoms with van der Waals surface area (Å²) in [5, 5.41) is 7.82. The van der Waals surface area contributed by atoms with E-state index in [0.717, 1.165) is 17.6 Å². The minimum atomic E-state index is 0.378. The fourth-order valence-electron chi connectivity index (χ4n) is 4.22. The summed E-state index contributed by atoms with van der Waals surface area (Å²) in [5.74, 6) is 0.874. The predicted molar refractivity (Wildman–Crippen MR) is 81.7 cm³/mol. The Labute approximate surface area is 117 Å². The topological polar surface area (TPSA) is 24.1 Å². The third-order valence-corrected chi connectivity index (χ3v) is 5.62. The molecule has 0 aliphatic heterocycles. The minimum Gasteiger partial charge on any atom is -0.363 e. The molecule has 0 aromatic rings. The Morgan fingerprint density at radius 1 is 1.33 bits per heavy atom. The van der Waals surface area contributed by atoms with Crippen molar-refractivity contribution < 1.29 is 0 Å². The van der Waals surface area contributed by atoms with E-state index in [1.807, 2.05) is 0 Å². The summed E-state index contributed by atoms with van der Waals surface area (Å²) in [4.78, 5) is 0. The molecule has 2 aliphatic carbocycles. The lowest BCUT2D eigenvalue weighted by Crippen LogP contribution is -2.54. The summed E-state index contributed by atoms with van der Waals surface area (Å²) in [5.41, 5.74) is 0.828. The predicted octanol–water partition coefficient (Wildman–Crippen LogP) is 3.47. The maximum Gasteiger partial charge on any atom is 0.166 e. The molecule has 18 heavy (non-hydrogen) atoms. The average molecular weight is 268 g/mol.